The van der Waals surface area contributed by atoms with Gasteiger partial charge in [-0.05, 0) is 33.6 Å². The summed E-state index contributed by atoms with van der Waals surface area (Å²) >= 11 is 0. The van der Waals surface area contributed by atoms with Gasteiger partial charge >= 0.3 is 0 Å². The van der Waals surface area contributed by atoms with E-state index in [0.29, 0.717) is 17.5 Å². The van der Waals surface area contributed by atoms with Crippen LogP contribution >= 0.6 is 0 Å². The van der Waals surface area contributed by atoms with Crippen molar-refractivity contribution in [2.45, 2.75) is 45.8 Å². The van der Waals surface area contributed by atoms with Crippen LogP contribution < -0.4 is 5.73 Å². The van der Waals surface area contributed by atoms with Crippen molar-refractivity contribution < 1.29 is 4.74 Å². The van der Waals surface area contributed by atoms with Gasteiger partial charge in [0.1, 0.15) is 5.82 Å². The number of nitrogens with two attached hydrogens (primary N) is 1. The lowest BCUT2D eigenvalue weighted by molar-refractivity contribution is -0.0224. The van der Waals surface area contributed by atoms with E-state index < -0.39 is 0 Å². The lowest BCUT2D eigenvalue weighted by Crippen LogP contribution is -2.39. The fourth-order valence-corrected chi connectivity index (χ4v) is 1.91. The van der Waals surface area contributed by atoms with Crippen LogP contribution in [-0.2, 0) is 4.74 Å². The van der Waals surface area contributed by atoms with E-state index in [0.717, 1.165) is 25.9 Å². The van der Waals surface area contributed by atoms with Crippen LogP contribution in [0.1, 0.15) is 33.6 Å². The van der Waals surface area contributed by atoms with Gasteiger partial charge in [0, 0.05) is 13.1 Å². The number of nitrogens with zero attached hydrogens (tertiary/aromatic N) is 2. The van der Waals surface area contributed by atoms with E-state index in [1.807, 2.05) is 0 Å². The molecule has 0 bridgehead atoms. The van der Waals surface area contributed by atoms with Gasteiger partial charge in [-0.1, -0.05) is 0 Å². The molecule has 0 saturated carbocycles. The minimum atomic E-state index is 0.283. The van der Waals surface area contributed by atoms with Crippen LogP contribution in [0.4, 0.5) is 0 Å². The SMILES string of the molecule is CC(C#N)=C(N)N1CCC(OC(C)C)CC1. The lowest BCUT2D eigenvalue weighted by Gasteiger charge is -2.34. The monoisotopic (exact) mass is 223 g/mol. The summed E-state index contributed by atoms with van der Waals surface area (Å²) in [7, 11) is 0. The van der Waals surface area contributed by atoms with Crippen LogP contribution in [0.25, 0.3) is 0 Å². The number of ether oxygens (including phenoxy) is 1. The largest absolute Gasteiger partial charge is 0.385 e. The van der Waals surface area contributed by atoms with Crippen molar-refractivity contribution in [3.05, 3.63) is 11.4 Å². The van der Waals surface area contributed by atoms with E-state index >= 15 is 0 Å². The molecule has 1 heterocycles. The Morgan fingerprint density at radius 2 is 2.00 bits per heavy atom. The first-order chi connectivity index (χ1) is 7.54. The van der Waals surface area contributed by atoms with E-state index in [4.69, 9.17) is 15.7 Å². The quantitative estimate of drug-likeness (QED) is 0.738. The molecule has 0 spiro atoms. The van der Waals surface area contributed by atoms with Crippen molar-refractivity contribution in [1.29, 1.82) is 5.26 Å². The highest BCUT2D eigenvalue weighted by atomic mass is 16.5. The Kier molecular flexibility index (Phi) is 4.63. The standard InChI is InChI=1S/C12H21N3O/c1-9(2)16-11-4-6-15(7-5-11)12(14)10(3)8-13/h9,11H,4-7,14H2,1-3H3. The molecule has 1 saturated heterocycles. The van der Waals surface area contributed by atoms with Gasteiger partial charge in [-0.25, -0.2) is 0 Å². The minimum Gasteiger partial charge on any atom is -0.385 e. The topological polar surface area (TPSA) is 62.3 Å². The van der Waals surface area contributed by atoms with Crippen molar-refractivity contribution in [2.24, 2.45) is 5.73 Å². The second-order valence-electron chi connectivity index (χ2n) is 4.49. The highest BCUT2D eigenvalue weighted by Gasteiger charge is 2.21. The van der Waals surface area contributed by atoms with E-state index in [2.05, 4.69) is 24.8 Å². The Bertz CT molecular complexity index is 296. The van der Waals surface area contributed by atoms with Crippen molar-refractivity contribution in [3.8, 4) is 6.07 Å². The molecular weight excluding hydrogens is 202 g/mol. The molecule has 16 heavy (non-hydrogen) atoms. The Labute approximate surface area is 97.7 Å². The summed E-state index contributed by atoms with van der Waals surface area (Å²) in [5.41, 5.74) is 6.49. The number of likely N-dealkylation sites (tertiary alicyclic amines) is 1. The third-order valence-electron chi connectivity index (χ3n) is 2.80. The van der Waals surface area contributed by atoms with Crippen molar-refractivity contribution in [2.75, 3.05) is 13.1 Å². The first-order valence-electron chi connectivity index (χ1n) is 5.81. The van der Waals surface area contributed by atoms with E-state index in [9.17, 15) is 0 Å². The average molecular weight is 223 g/mol. The van der Waals surface area contributed by atoms with E-state index in [1.54, 1.807) is 6.92 Å². The predicted octanol–water partition coefficient (Wildman–Crippen LogP) is 1.59. The first-order valence-corrected chi connectivity index (χ1v) is 5.81. The minimum absolute atomic E-state index is 0.283. The fraction of sp³-hybridized carbons (Fsp3) is 0.750. The fourth-order valence-electron chi connectivity index (χ4n) is 1.91. The summed E-state index contributed by atoms with van der Waals surface area (Å²) < 4.78 is 5.76. The average Bonchev–Trinajstić information content (AvgIpc) is 2.27. The zero-order chi connectivity index (χ0) is 12.1. The van der Waals surface area contributed by atoms with Gasteiger partial charge in [0.25, 0.3) is 0 Å². The maximum absolute atomic E-state index is 8.77. The van der Waals surface area contributed by atoms with Crippen LogP contribution in [0.2, 0.25) is 0 Å². The second kappa shape index (κ2) is 5.76. The summed E-state index contributed by atoms with van der Waals surface area (Å²) in [5.74, 6) is 0.616. The maximum Gasteiger partial charge on any atom is 0.112 e. The number of hydrogen-bond acceptors (Lipinski definition) is 4. The van der Waals surface area contributed by atoms with Gasteiger partial charge in [-0.3, -0.25) is 0 Å². The summed E-state index contributed by atoms with van der Waals surface area (Å²) in [6, 6.07) is 2.09. The molecule has 90 valence electrons. The molecule has 0 aromatic heterocycles. The van der Waals surface area contributed by atoms with E-state index in [1.165, 1.54) is 0 Å². The van der Waals surface area contributed by atoms with Crippen LogP contribution in [0.5, 0.6) is 0 Å². The van der Waals surface area contributed by atoms with Crippen molar-refractivity contribution in [1.82, 2.24) is 4.90 Å². The molecule has 4 nitrogen and oxygen atoms in total. The summed E-state index contributed by atoms with van der Waals surface area (Å²) in [6.07, 6.45) is 2.59. The molecule has 4 heteroatoms. The van der Waals surface area contributed by atoms with Crippen LogP contribution in [0.15, 0.2) is 11.4 Å². The van der Waals surface area contributed by atoms with Gasteiger partial charge in [0.15, 0.2) is 0 Å². The maximum atomic E-state index is 8.77. The Hall–Kier alpha value is -1.21. The molecular formula is C12H21N3O. The zero-order valence-corrected chi connectivity index (χ0v) is 10.4. The molecule has 0 atom stereocenters. The molecule has 0 aliphatic carbocycles. The number of piperidine rings is 1. The Morgan fingerprint density at radius 3 is 2.44 bits per heavy atom. The number of nitriles is 1. The predicted molar refractivity (Wildman–Crippen MR) is 63.3 cm³/mol. The molecule has 1 aliphatic rings. The number of rotatable bonds is 3. The van der Waals surface area contributed by atoms with E-state index in [-0.39, 0.29) is 6.10 Å². The molecule has 0 amide bonds. The second-order valence-corrected chi connectivity index (χ2v) is 4.49. The lowest BCUT2D eigenvalue weighted by atomic mass is 10.1. The summed E-state index contributed by atoms with van der Waals surface area (Å²) in [4.78, 5) is 2.07. The molecule has 0 aromatic rings. The van der Waals surface area contributed by atoms with Gasteiger partial charge in [-0.15, -0.1) is 0 Å². The van der Waals surface area contributed by atoms with Gasteiger partial charge in [-0.2, -0.15) is 5.26 Å². The molecule has 0 radical (unpaired) electrons. The molecule has 1 aliphatic heterocycles. The highest BCUT2D eigenvalue weighted by Crippen LogP contribution is 2.18. The van der Waals surface area contributed by atoms with Crippen molar-refractivity contribution >= 4 is 0 Å². The summed E-state index contributed by atoms with van der Waals surface area (Å²) in [6.45, 7) is 7.62. The molecule has 0 unspecified atom stereocenters. The normalized spacial score (nSPS) is 19.6. The summed E-state index contributed by atoms with van der Waals surface area (Å²) in [5, 5.41) is 8.77. The number of hydrogen-bond donors (Lipinski definition) is 1. The Morgan fingerprint density at radius 1 is 1.44 bits per heavy atom. The molecule has 2 N–H and O–H groups in total. The third-order valence-corrected chi connectivity index (χ3v) is 2.80. The molecule has 0 aromatic carbocycles. The molecule has 1 rings (SSSR count). The highest BCUT2D eigenvalue weighted by molar-refractivity contribution is 5.22. The van der Waals surface area contributed by atoms with Crippen molar-refractivity contribution in [3.63, 3.8) is 0 Å². The smallest absolute Gasteiger partial charge is 0.112 e. The molecule has 1 fully saturated rings. The van der Waals surface area contributed by atoms with Gasteiger partial charge in [0.2, 0.25) is 0 Å². The Balaban J connectivity index is 2.47. The zero-order valence-electron chi connectivity index (χ0n) is 10.4. The van der Waals surface area contributed by atoms with Gasteiger partial charge in [0.05, 0.1) is 23.9 Å². The number of allylic oxidation sites excluding steroid dienone is 1. The van der Waals surface area contributed by atoms with Crippen LogP contribution in [0.3, 0.4) is 0 Å². The van der Waals surface area contributed by atoms with Crippen LogP contribution in [-0.4, -0.2) is 30.2 Å². The third kappa shape index (κ3) is 3.42. The first kappa shape index (κ1) is 12.9. The van der Waals surface area contributed by atoms with Crippen LogP contribution in [0, 0.1) is 11.3 Å². The van der Waals surface area contributed by atoms with Gasteiger partial charge < -0.3 is 15.4 Å².